The molecule has 4 nitrogen and oxygen atoms in total. The van der Waals surface area contributed by atoms with Gasteiger partial charge in [0.15, 0.2) is 0 Å². The lowest BCUT2D eigenvalue weighted by Gasteiger charge is -2.32. The highest BCUT2D eigenvalue weighted by molar-refractivity contribution is 5.80. The first-order valence-corrected chi connectivity index (χ1v) is 7.17. The first-order valence-electron chi connectivity index (χ1n) is 7.17. The molecule has 3 atom stereocenters. The van der Waals surface area contributed by atoms with Crippen molar-refractivity contribution >= 4 is 5.91 Å². The van der Waals surface area contributed by atoms with Gasteiger partial charge >= 0.3 is 0 Å². The van der Waals surface area contributed by atoms with Crippen molar-refractivity contribution in [3.05, 3.63) is 0 Å². The fraction of sp³-hybridized carbons (Fsp3) is 0.929. The third kappa shape index (κ3) is 4.94. The van der Waals surface area contributed by atoms with E-state index in [9.17, 15) is 4.79 Å². The van der Waals surface area contributed by atoms with E-state index < -0.39 is 0 Å². The summed E-state index contributed by atoms with van der Waals surface area (Å²) in [5, 5.41) is 2.91. The van der Waals surface area contributed by atoms with Gasteiger partial charge in [-0.2, -0.15) is 0 Å². The van der Waals surface area contributed by atoms with Gasteiger partial charge in [0.25, 0.3) is 0 Å². The number of nitrogens with two attached hydrogens (primary N) is 1. The molecule has 0 spiro atoms. The van der Waals surface area contributed by atoms with Gasteiger partial charge in [0.1, 0.15) is 6.10 Å². The van der Waals surface area contributed by atoms with Gasteiger partial charge in [-0.3, -0.25) is 4.79 Å². The zero-order chi connectivity index (χ0) is 13.5. The molecule has 3 unspecified atom stereocenters. The Kier molecular flexibility index (Phi) is 6.65. The summed E-state index contributed by atoms with van der Waals surface area (Å²) >= 11 is 0. The molecule has 0 heterocycles. The molecular formula is C14H28N2O2. The molecule has 3 N–H and O–H groups in total. The van der Waals surface area contributed by atoms with E-state index in [0.29, 0.717) is 24.9 Å². The lowest BCUT2D eigenvalue weighted by Crippen LogP contribution is -2.42. The van der Waals surface area contributed by atoms with E-state index in [1.165, 1.54) is 12.8 Å². The Balaban J connectivity index is 2.37. The maximum atomic E-state index is 11.8. The minimum Gasteiger partial charge on any atom is -0.365 e. The fourth-order valence-electron chi connectivity index (χ4n) is 2.39. The van der Waals surface area contributed by atoms with Crippen LogP contribution in [0.25, 0.3) is 0 Å². The number of nitrogens with one attached hydrogen (secondary N) is 1. The molecule has 4 heteroatoms. The highest BCUT2D eigenvalue weighted by Gasteiger charge is 2.28. The second kappa shape index (κ2) is 7.74. The molecule has 0 aromatic carbocycles. The van der Waals surface area contributed by atoms with Crippen LogP contribution in [-0.4, -0.2) is 31.2 Å². The van der Waals surface area contributed by atoms with E-state index in [0.717, 1.165) is 12.8 Å². The monoisotopic (exact) mass is 256 g/mol. The lowest BCUT2D eigenvalue weighted by atomic mass is 9.86. The van der Waals surface area contributed by atoms with Crippen LogP contribution < -0.4 is 11.1 Å². The number of hydrogen-bond donors (Lipinski definition) is 2. The van der Waals surface area contributed by atoms with Crippen LogP contribution in [0.15, 0.2) is 0 Å². The number of amides is 1. The zero-order valence-corrected chi connectivity index (χ0v) is 11.9. The number of carbonyl (C=O) groups is 1. The predicted molar refractivity (Wildman–Crippen MR) is 73.2 cm³/mol. The molecular weight excluding hydrogens is 228 g/mol. The first kappa shape index (κ1) is 15.4. The fourth-order valence-corrected chi connectivity index (χ4v) is 2.39. The van der Waals surface area contributed by atoms with Crippen molar-refractivity contribution in [3.8, 4) is 0 Å². The molecule has 0 saturated heterocycles. The van der Waals surface area contributed by atoms with Crippen LogP contribution in [0.1, 0.15) is 46.5 Å². The molecule has 0 radical (unpaired) electrons. The molecule has 18 heavy (non-hydrogen) atoms. The Morgan fingerprint density at radius 2 is 2.00 bits per heavy atom. The van der Waals surface area contributed by atoms with E-state index >= 15 is 0 Å². The van der Waals surface area contributed by atoms with Crippen LogP contribution in [0, 0.1) is 11.8 Å². The SMILES string of the molecule is CC(C)CNC(=O)C(C)OC1CCCCC1CN. The number of carbonyl (C=O) groups excluding carboxylic acids is 1. The van der Waals surface area contributed by atoms with Crippen LogP contribution in [0.3, 0.4) is 0 Å². The Morgan fingerprint density at radius 3 is 2.61 bits per heavy atom. The second-order valence-electron chi connectivity index (χ2n) is 5.74. The maximum Gasteiger partial charge on any atom is 0.248 e. The smallest absolute Gasteiger partial charge is 0.248 e. The van der Waals surface area contributed by atoms with E-state index in [-0.39, 0.29) is 18.1 Å². The van der Waals surface area contributed by atoms with E-state index in [1.807, 2.05) is 6.92 Å². The zero-order valence-electron chi connectivity index (χ0n) is 11.9. The molecule has 1 amide bonds. The Labute approximate surface area is 111 Å². The normalized spacial score (nSPS) is 26.1. The van der Waals surface area contributed by atoms with Crippen LogP contribution in [0.5, 0.6) is 0 Å². The molecule has 1 rings (SSSR count). The standard InChI is InChI=1S/C14H28N2O2/c1-10(2)9-16-14(17)11(3)18-13-7-5-4-6-12(13)8-15/h10-13H,4-9,15H2,1-3H3,(H,16,17). The van der Waals surface area contributed by atoms with Crippen LogP contribution >= 0.6 is 0 Å². The van der Waals surface area contributed by atoms with Gasteiger partial charge in [0.2, 0.25) is 5.91 Å². The molecule has 1 saturated carbocycles. The average Bonchev–Trinajstić information content (AvgIpc) is 2.36. The van der Waals surface area contributed by atoms with Gasteiger partial charge in [0, 0.05) is 6.54 Å². The molecule has 0 aliphatic heterocycles. The largest absolute Gasteiger partial charge is 0.365 e. The molecule has 1 aliphatic carbocycles. The summed E-state index contributed by atoms with van der Waals surface area (Å²) in [6.45, 7) is 7.36. The average molecular weight is 256 g/mol. The van der Waals surface area contributed by atoms with Gasteiger partial charge < -0.3 is 15.8 Å². The van der Waals surface area contributed by atoms with E-state index in [2.05, 4.69) is 19.2 Å². The van der Waals surface area contributed by atoms with E-state index in [1.54, 1.807) is 0 Å². The van der Waals surface area contributed by atoms with Crippen LogP contribution in [-0.2, 0) is 9.53 Å². The summed E-state index contributed by atoms with van der Waals surface area (Å²) in [7, 11) is 0. The van der Waals surface area contributed by atoms with Gasteiger partial charge in [-0.05, 0) is 38.1 Å². The molecule has 0 aromatic rings. The summed E-state index contributed by atoms with van der Waals surface area (Å²) in [6.07, 6.45) is 4.35. The highest BCUT2D eigenvalue weighted by Crippen LogP contribution is 2.26. The molecule has 0 bridgehead atoms. The third-order valence-electron chi connectivity index (χ3n) is 3.57. The Morgan fingerprint density at radius 1 is 1.33 bits per heavy atom. The first-order chi connectivity index (χ1) is 8.54. The minimum absolute atomic E-state index is 0.00922. The maximum absolute atomic E-state index is 11.8. The van der Waals surface area contributed by atoms with Gasteiger partial charge in [0.05, 0.1) is 6.10 Å². The van der Waals surface area contributed by atoms with Crippen molar-refractivity contribution in [3.63, 3.8) is 0 Å². The third-order valence-corrected chi connectivity index (χ3v) is 3.57. The summed E-state index contributed by atoms with van der Waals surface area (Å²) in [5.41, 5.74) is 5.76. The summed E-state index contributed by atoms with van der Waals surface area (Å²) in [5.74, 6) is 0.872. The molecule has 1 aliphatic rings. The van der Waals surface area contributed by atoms with Crippen molar-refractivity contribution in [1.29, 1.82) is 0 Å². The Hall–Kier alpha value is -0.610. The van der Waals surface area contributed by atoms with Crippen molar-refractivity contribution in [2.75, 3.05) is 13.1 Å². The second-order valence-corrected chi connectivity index (χ2v) is 5.74. The molecule has 106 valence electrons. The van der Waals surface area contributed by atoms with Gasteiger partial charge in [-0.15, -0.1) is 0 Å². The van der Waals surface area contributed by atoms with Crippen LogP contribution in [0.2, 0.25) is 0 Å². The Bertz CT molecular complexity index is 256. The quantitative estimate of drug-likeness (QED) is 0.760. The highest BCUT2D eigenvalue weighted by atomic mass is 16.5. The van der Waals surface area contributed by atoms with Crippen molar-refractivity contribution in [1.82, 2.24) is 5.32 Å². The number of hydrogen-bond acceptors (Lipinski definition) is 3. The lowest BCUT2D eigenvalue weighted by molar-refractivity contribution is -0.139. The summed E-state index contributed by atoms with van der Waals surface area (Å²) in [6, 6.07) is 0. The minimum atomic E-state index is -0.374. The van der Waals surface area contributed by atoms with E-state index in [4.69, 9.17) is 10.5 Å². The van der Waals surface area contributed by atoms with Crippen molar-refractivity contribution < 1.29 is 9.53 Å². The predicted octanol–water partition coefficient (Wildman–Crippen LogP) is 1.68. The van der Waals surface area contributed by atoms with Gasteiger partial charge in [-0.1, -0.05) is 26.7 Å². The van der Waals surface area contributed by atoms with Crippen LogP contribution in [0.4, 0.5) is 0 Å². The molecule has 1 fully saturated rings. The summed E-state index contributed by atoms with van der Waals surface area (Å²) < 4.78 is 5.90. The van der Waals surface area contributed by atoms with Gasteiger partial charge in [-0.25, -0.2) is 0 Å². The van der Waals surface area contributed by atoms with Crippen molar-refractivity contribution in [2.24, 2.45) is 17.6 Å². The molecule has 0 aromatic heterocycles. The summed E-state index contributed by atoms with van der Waals surface area (Å²) in [4.78, 5) is 11.8. The topological polar surface area (TPSA) is 64.3 Å². The van der Waals surface area contributed by atoms with Crippen molar-refractivity contribution in [2.45, 2.75) is 58.7 Å². The number of ether oxygens (including phenoxy) is 1. The number of rotatable bonds is 6.